The third kappa shape index (κ3) is 3.13. The number of guanidine groups is 1. The number of nitrogens with two attached hydrogens (primary N) is 1. The van der Waals surface area contributed by atoms with E-state index in [0.29, 0.717) is 11.7 Å². The molecule has 5 heteroatoms. The lowest BCUT2D eigenvalue weighted by Gasteiger charge is -2.27. The minimum absolute atomic E-state index is 0.0250. The van der Waals surface area contributed by atoms with E-state index in [1.807, 2.05) is 13.8 Å². The summed E-state index contributed by atoms with van der Waals surface area (Å²) in [4.78, 5) is 4.15. The Morgan fingerprint density at radius 3 is 2.67 bits per heavy atom. The van der Waals surface area contributed by atoms with Crippen LogP contribution in [0.4, 0.5) is 0 Å². The Kier molecular flexibility index (Phi) is 4.55. The van der Waals surface area contributed by atoms with Gasteiger partial charge in [-0.1, -0.05) is 20.1 Å². The van der Waals surface area contributed by atoms with Crippen molar-refractivity contribution in [2.45, 2.75) is 39.3 Å². The number of aliphatic hydroxyl groups excluding tert-OH is 1. The largest absolute Gasteiger partial charge is 0.389 e. The second kappa shape index (κ2) is 5.73. The molecule has 0 bridgehead atoms. The number of allylic oxidation sites excluding steroid dienone is 1. The molecule has 0 aromatic rings. The van der Waals surface area contributed by atoms with E-state index in [2.05, 4.69) is 28.8 Å². The van der Waals surface area contributed by atoms with Gasteiger partial charge >= 0.3 is 0 Å². The van der Waals surface area contributed by atoms with Gasteiger partial charge in [-0.3, -0.25) is 0 Å². The van der Waals surface area contributed by atoms with Crippen molar-refractivity contribution >= 4 is 5.96 Å². The highest BCUT2D eigenvalue weighted by Crippen LogP contribution is 2.18. The van der Waals surface area contributed by atoms with Crippen LogP contribution in [0.5, 0.6) is 0 Å². The molecular weight excluding hydrogens is 228 g/mol. The summed E-state index contributed by atoms with van der Waals surface area (Å²) in [5.74, 6) is 0.338. The van der Waals surface area contributed by atoms with Gasteiger partial charge in [0.1, 0.15) is 0 Å². The highest BCUT2D eigenvalue weighted by molar-refractivity contribution is 5.83. The van der Waals surface area contributed by atoms with Gasteiger partial charge in [-0.15, -0.1) is 0 Å². The molecule has 0 radical (unpaired) electrons. The maximum absolute atomic E-state index is 9.58. The molecule has 0 aromatic carbocycles. The van der Waals surface area contributed by atoms with Crippen LogP contribution in [0.2, 0.25) is 0 Å². The standard InChI is InChI=1S/C13H22N4O/c1-6-11(7(2)10(5)18)17-12-8(3)15-13(14)16-9(12)4/h10-11,17-18H,2-3,6H2,1,4-5H3,(H3,14,15,16). The maximum Gasteiger partial charge on any atom is 0.198 e. The molecule has 100 valence electrons. The smallest absolute Gasteiger partial charge is 0.198 e. The summed E-state index contributed by atoms with van der Waals surface area (Å²) >= 11 is 0. The summed E-state index contributed by atoms with van der Waals surface area (Å²) in [7, 11) is 0. The zero-order valence-electron chi connectivity index (χ0n) is 11.2. The number of hydrogen-bond acceptors (Lipinski definition) is 5. The summed E-state index contributed by atoms with van der Waals surface area (Å²) in [6.07, 6.45) is 0.259. The molecule has 1 aliphatic rings. The molecule has 0 fully saturated rings. The van der Waals surface area contributed by atoms with Gasteiger partial charge in [0.25, 0.3) is 0 Å². The Bertz CT molecular complexity index is 421. The number of aliphatic imine (C=N–C) groups is 1. The van der Waals surface area contributed by atoms with Crippen molar-refractivity contribution in [2.24, 2.45) is 10.7 Å². The molecule has 2 atom stereocenters. The molecule has 0 saturated carbocycles. The second-order valence-electron chi connectivity index (χ2n) is 4.42. The molecule has 1 aliphatic heterocycles. The molecule has 18 heavy (non-hydrogen) atoms. The maximum atomic E-state index is 9.58. The van der Waals surface area contributed by atoms with E-state index < -0.39 is 6.10 Å². The fraction of sp³-hybridized carbons (Fsp3) is 0.462. The number of hydrogen-bond donors (Lipinski definition) is 4. The van der Waals surface area contributed by atoms with Crippen LogP contribution in [-0.2, 0) is 0 Å². The topological polar surface area (TPSA) is 82.7 Å². The fourth-order valence-electron chi connectivity index (χ4n) is 1.81. The van der Waals surface area contributed by atoms with E-state index in [4.69, 9.17) is 5.73 Å². The highest BCUT2D eigenvalue weighted by atomic mass is 16.3. The molecule has 0 aromatic heterocycles. The van der Waals surface area contributed by atoms with Crippen LogP contribution in [-0.4, -0.2) is 23.2 Å². The predicted molar refractivity (Wildman–Crippen MR) is 74.6 cm³/mol. The molecule has 5 N–H and O–H groups in total. The van der Waals surface area contributed by atoms with Crippen LogP contribution >= 0.6 is 0 Å². The average molecular weight is 250 g/mol. The van der Waals surface area contributed by atoms with E-state index in [-0.39, 0.29) is 6.04 Å². The number of rotatable bonds is 5. The van der Waals surface area contributed by atoms with Gasteiger partial charge in [-0.2, -0.15) is 0 Å². The summed E-state index contributed by atoms with van der Waals surface area (Å²) < 4.78 is 0. The average Bonchev–Trinajstić information content (AvgIpc) is 2.27. The van der Waals surface area contributed by atoms with Crippen molar-refractivity contribution in [1.29, 1.82) is 0 Å². The molecule has 0 saturated heterocycles. The van der Waals surface area contributed by atoms with Gasteiger partial charge in [0.2, 0.25) is 0 Å². The minimum atomic E-state index is -0.554. The van der Waals surface area contributed by atoms with Crippen LogP contribution in [0.15, 0.2) is 40.8 Å². The van der Waals surface area contributed by atoms with Crippen LogP contribution in [0.3, 0.4) is 0 Å². The molecule has 1 rings (SSSR count). The first-order valence-corrected chi connectivity index (χ1v) is 6.01. The Balaban J connectivity index is 2.91. The number of nitrogens with one attached hydrogen (secondary N) is 2. The first kappa shape index (κ1) is 14.3. The van der Waals surface area contributed by atoms with E-state index >= 15 is 0 Å². The highest BCUT2D eigenvalue weighted by Gasteiger charge is 2.20. The third-order valence-corrected chi connectivity index (χ3v) is 2.94. The lowest BCUT2D eigenvalue weighted by Crippen LogP contribution is -2.41. The normalized spacial score (nSPS) is 18.9. The third-order valence-electron chi connectivity index (χ3n) is 2.94. The van der Waals surface area contributed by atoms with E-state index in [0.717, 1.165) is 23.4 Å². The van der Waals surface area contributed by atoms with Crippen molar-refractivity contribution in [1.82, 2.24) is 10.6 Å². The Morgan fingerprint density at radius 2 is 2.22 bits per heavy atom. The SMILES string of the molecule is C=C1NC(N)=NC(C)=C1NC(CC)C(=C)C(C)O. The monoisotopic (exact) mass is 250 g/mol. The quantitative estimate of drug-likeness (QED) is 0.548. The van der Waals surface area contributed by atoms with Gasteiger partial charge in [-0.05, 0) is 25.8 Å². The first-order valence-electron chi connectivity index (χ1n) is 6.01. The molecule has 1 heterocycles. The first-order chi connectivity index (χ1) is 8.36. The summed E-state index contributed by atoms with van der Waals surface area (Å²) in [6, 6.07) is -0.0250. The van der Waals surface area contributed by atoms with Crippen LogP contribution in [0.1, 0.15) is 27.2 Å². The number of aliphatic hydroxyl groups is 1. The summed E-state index contributed by atoms with van der Waals surface area (Å²) in [6.45, 7) is 13.4. The lowest BCUT2D eigenvalue weighted by atomic mass is 10.0. The Morgan fingerprint density at radius 1 is 1.61 bits per heavy atom. The summed E-state index contributed by atoms with van der Waals surface area (Å²) in [5.41, 5.74) is 8.60. The number of nitrogens with zero attached hydrogens (tertiary/aromatic N) is 1. The van der Waals surface area contributed by atoms with Gasteiger partial charge in [0.05, 0.1) is 23.2 Å². The van der Waals surface area contributed by atoms with Crippen molar-refractivity contribution in [3.63, 3.8) is 0 Å². The molecule has 2 unspecified atom stereocenters. The molecule has 0 amide bonds. The van der Waals surface area contributed by atoms with E-state index in [9.17, 15) is 5.11 Å². The molecule has 0 spiro atoms. The van der Waals surface area contributed by atoms with Crippen LogP contribution < -0.4 is 16.4 Å². The van der Waals surface area contributed by atoms with Crippen LogP contribution in [0.25, 0.3) is 0 Å². The Labute approximate surface area is 108 Å². The van der Waals surface area contributed by atoms with Crippen LogP contribution in [0, 0.1) is 0 Å². The van der Waals surface area contributed by atoms with Crippen molar-refractivity contribution in [3.05, 3.63) is 35.8 Å². The van der Waals surface area contributed by atoms with Gasteiger partial charge < -0.3 is 21.5 Å². The van der Waals surface area contributed by atoms with E-state index in [1.54, 1.807) is 6.92 Å². The molecular formula is C13H22N4O. The van der Waals surface area contributed by atoms with Crippen molar-refractivity contribution in [2.75, 3.05) is 0 Å². The zero-order valence-corrected chi connectivity index (χ0v) is 11.2. The van der Waals surface area contributed by atoms with Crippen molar-refractivity contribution < 1.29 is 5.11 Å². The predicted octanol–water partition coefficient (Wildman–Crippen LogP) is 0.955. The molecule has 5 nitrogen and oxygen atoms in total. The van der Waals surface area contributed by atoms with Gasteiger partial charge in [-0.25, -0.2) is 4.99 Å². The minimum Gasteiger partial charge on any atom is -0.389 e. The molecule has 0 aliphatic carbocycles. The van der Waals surface area contributed by atoms with Gasteiger partial charge in [0, 0.05) is 6.04 Å². The fourth-order valence-corrected chi connectivity index (χ4v) is 1.81. The lowest BCUT2D eigenvalue weighted by molar-refractivity contribution is 0.220. The van der Waals surface area contributed by atoms with Crippen molar-refractivity contribution in [3.8, 4) is 0 Å². The zero-order chi connectivity index (χ0) is 13.9. The second-order valence-corrected chi connectivity index (χ2v) is 4.42. The van der Waals surface area contributed by atoms with Gasteiger partial charge in [0.15, 0.2) is 5.96 Å². The summed E-state index contributed by atoms with van der Waals surface area (Å²) in [5, 5.41) is 15.8. The van der Waals surface area contributed by atoms with E-state index in [1.165, 1.54) is 0 Å². The Hall–Kier alpha value is -1.75.